The maximum atomic E-state index is 14.8. The lowest BCUT2D eigenvalue weighted by Gasteiger charge is -2.20. The van der Waals surface area contributed by atoms with Crippen molar-refractivity contribution in [2.45, 2.75) is 0 Å². The molecular weight excluding hydrogens is 1840 g/mol. The first-order chi connectivity index (χ1) is 73.8. The van der Waals surface area contributed by atoms with Crippen LogP contribution in [0.4, 0.5) is 0 Å². The average Bonchev–Trinajstić information content (AvgIpc) is 1.56. The summed E-state index contributed by atoms with van der Waals surface area (Å²) < 4.78 is 22.0. The van der Waals surface area contributed by atoms with Gasteiger partial charge in [-0.2, -0.15) is 0 Å². The van der Waals surface area contributed by atoms with Gasteiger partial charge in [0.1, 0.15) is 0 Å². The van der Waals surface area contributed by atoms with Crippen LogP contribution in [0, 0.1) is 0 Å². The molecule has 28 rings (SSSR count). The minimum atomic E-state index is -3.03. The number of pyridine rings is 6. The van der Waals surface area contributed by atoms with Crippen molar-refractivity contribution in [1.82, 2.24) is 58.6 Å². The lowest BCUT2D eigenvalue weighted by molar-refractivity contribution is 0.592. The minimum absolute atomic E-state index is 0.614. The molecule has 0 N–H and O–H groups in total. The van der Waals surface area contributed by atoms with Gasteiger partial charge in [0.2, 0.25) is 0 Å². The van der Waals surface area contributed by atoms with E-state index in [4.69, 9.17) is 34.9 Å². The highest BCUT2D eigenvalue weighted by Gasteiger charge is 2.31. The van der Waals surface area contributed by atoms with E-state index in [1.807, 2.05) is 170 Å². The third kappa shape index (κ3) is 16.7. The van der Waals surface area contributed by atoms with Crippen LogP contribution in [0.5, 0.6) is 0 Å². The lowest BCUT2D eigenvalue weighted by atomic mass is 9.97. The van der Waals surface area contributed by atoms with E-state index < -0.39 is 7.14 Å². The molecule has 0 atom stereocenters. The van der Waals surface area contributed by atoms with Crippen molar-refractivity contribution < 1.29 is 4.57 Å². The van der Waals surface area contributed by atoms with Crippen molar-refractivity contribution in [3.8, 4) is 141 Å². The van der Waals surface area contributed by atoms with Gasteiger partial charge in [-0.15, -0.1) is 0 Å². The molecule has 149 heavy (non-hydrogen) atoms. The second-order valence-corrected chi connectivity index (χ2v) is 39.7. The van der Waals surface area contributed by atoms with Crippen molar-refractivity contribution in [3.05, 3.63) is 540 Å². The highest BCUT2D eigenvalue weighted by molar-refractivity contribution is 7.85. The summed E-state index contributed by atoms with van der Waals surface area (Å²) in [5, 5.41) is 12.8. The molecule has 0 saturated heterocycles. The van der Waals surface area contributed by atoms with Gasteiger partial charge < -0.3 is 18.3 Å². The Morgan fingerprint density at radius 2 is 0.443 bits per heavy atom. The number of nitrogens with zero attached hydrogens (tertiary/aromatic N) is 12. The topological polar surface area (TPSA) is 148 Å². The number of rotatable bonds is 17. The van der Waals surface area contributed by atoms with Crippen LogP contribution < -0.4 is 15.9 Å². The lowest BCUT2D eigenvalue weighted by Crippen LogP contribution is -2.24. The average molecular weight is 1930 g/mol. The number of aromatic nitrogens is 12. The summed E-state index contributed by atoms with van der Waals surface area (Å²) in [6, 6.07) is 182. The predicted molar refractivity (Wildman–Crippen MR) is 614 cm³/mol. The molecule has 0 amide bonds. The molecule has 10 heterocycles. The standard InChI is InChI=1S/C48H31N5.C45H31N2OP.C42H27N5/c1-2-12-37(13-3-1)53-45-19-7-5-15-39(45)46-47(52-40-16-6-4-14-38(40)48(46)53)35-26-24-33(25-27-35)32-20-22-34(23-21-32)36-30-43(41-17-8-10-28-49-41)51-44(31-36)42-18-9-11-29-50-42;48-49(36-16-6-2-7-17-36,37-18-8-3-9-19-37)38-30-28-33(29-31-38)32-24-26-34(27-25-32)44-43-40-21-11-13-23-42(40)47(35-14-4-1-5-15-35)45(43)39-20-10-12-22-41(39)46-44;1-4-15-28(16-5-1)40-44-41(29-17-6-2-7-18-29)46-42(45-40)31-20-14-19-30(27-31)38-37-34-24-11-13-26-36(34)47(32-21-8-3-9-22-32)39(37)33-23-10-12-25-35(33)43-38/h1-31H;1-31H;1-27H. The monoisotopic (exact) mass is 1920 g/mol. The molecule has 18 aromatic carbocycles. The first-order valence-electron chi connectivity index (χ1n) is 49.9. The molecule has 14 heteroatoms. The van der Waals surface area contributed by atoms with Crippen LogP contribution in [0.3, 0.4) is 0 Å². The van der Waals surface area contributed by atoms with Crippen LogP contribution >= 0.6 is 7.14 Å². The zero-order valence-corrected chi connectivity index (χ0v) is 81.5. The van der Waals surface area contributed by atoms with Gasteiger partial charge in [-0.3, -0.25) is 9.97 Å². The summed E-state index contributed by atoms with van der Waals surface area (Å²) in [4.78, 5) is 44.9. The van der Waals surface area contributed by atoms with Gasteiger partial charge in [-0.1, -0.05) is 413 Å². The summed E-state index contributed by atoms with van der Waals surface area (Å²) in [5.74, 6) is 1.89. The zero-order valence-electron chi connectivity index (χ0n) is 80.6. The van der Waals surface area contributed by atoms with Crippen LogP contribution in [0.25, 0.3) is 239 Å². The molecule has 0 radical (unpaired) electrons. The van der Waals surface area contributed by atoms with Crippen LogP contribution in [0.1, 0.15) is 0 Å². The van der Waals surface area contributed by atoms with E-state index in [-0.39, 0.29) is 0 Å². The van der Waals surface area contributed by atoms with E-state index in [1.54, 1.807) is 12.4 Å². The Bertz CT molecular complexity index is 9770. The van der Waals surface area contributed by atoms with Crippen molar-refractivity contribution in [2.75, 3.05) is 0 Å². The number of para-hydroxylation sites is 9. The van der Waals surface area contributed by atoms with E-state index >= 15 is 0 Å². The first kappa shape index (κ1) is 89.4. The molecule has 0 spiro atoms. The second-order valence-electron chi connectivity index (χ2n) is 36.9. The molecule has 0 aliphatic rings. The molecule has 0 bridgehead atoms. The van der Waals surface area contributed by atoms with Gasteiger partial charge in [0.15, 0.2) is 24.6 Å². The fourth-order valence-corrected chi connectivity index (χ4v) is 23.7. The van der Waals surface area contributed by atoms with E-state index in [0.29, 0.717) is 17.5 Å². The van der Waals surface area contributed by atoms with Crippen molar-refractivity contribution >= 4 is 121 Å². The molecule has 0 aliphatic carbocycles. The molecule has 0 fully saturated rings. The van der Waals surface area contributed by atoms with Gasteiger partial charge >= 0.3 is 0 Å². The summed E-state index contributed by atoms with van der Waals surface area (Å²) in [6.07, 6.45) is 3.59. The van der Waals surface area contributed by atoms with Crippen LogP contribution in [0.15, 0.2) is 540 Å². The van der Waals surface area contributed by atoms with Crippen LogP contribution in [-0.4, -0.2) is 58.6 Å². The molecular formula is C135H89N12OP. The highest BCUT2D eigenvalue weighted by atomic mass is 31.2. The van der Waals surface area contributed by atoms with Gasteiger partial charge in [0.05, 0.1) is 89.5 Å². The van der Waals surface area contributed by atoms with Crippen LogP contribution in [-0.2, 0) is 4.57 Å². The molecule has 0 unspecified atom stereocenters. The van der Waals surface area contributed by atoms with Gasteiger partial charge in [0.25, 0.3) is 0 Å². The summed E-state index contributed by atoms with van der Waals surface area (Å²) in [6.45, 7) is 0. The van der Waals surface area contributed by atoms with E-state index in [2.05, 4.69) is 382 Å². The predicted octanol–water partition coefficient (Wildman–Crippen LogP) is 32.3. The molecule has 28 aromatic rings. The fourth-order valence-electron chi connectivity index (χ4n) is 21.0. The molecule has 10 aromatic heterocycles. The van der Waals surface area contributed by atoms with E-state index in [9.17, 15) is 4.57 Å². The maximum absolute atomic E-state index is 14.8. The van der Waals surface area contributed by atoms with Crippen molar-refractivity contribution in [3.63, 3.8) is 0 Å². The van der Waals surface area contributed by atoms with Crippen molar-refractivity contribution in [1.29, 1.82) is 0 Å². The van der Waals surface area contributed by atoms with E-state index in [0.717, 1.165) is 216 Å². The normalized spacial score (nSPS) is 11.5. The van der Waals surface area contributed by atoms with Gasteiger partial charge in [0, 0.05) is 127 Å². The first-order valence-corrected chi connectivity index (χ1v) is 51.6. The third-order valence-electron chi connectivity index (χ3n) is 28.0. The Morgan fingerprint density at radius 3 is 0.799 bits per heavy atom. The fraction of sp³-hybridized carbons (Fsp3) is 0. The Kier molecular flexibility index (Phi) is 23.3. The third-order valence-corrected chi connectivity index (χ3v) is 31.1. The van der Waals surface area contributed by atoms with Gasteiger partial charge in [-0.05, 0) is 149 Å². The quantitative estimate of drug-likeness (QED) is 0.0807. The maximum Gasteiger partial charge on any atom is 0.171 e. The Hall–Kier alpha value is -19.7. The summed E-state index contributed by atoms with van der Waals surface area (Å²) in [7, 11) is -3.03. The smallest absolute Gasteiger partial charge is 0.171 e. The summed E-state index contributed by atoms with van der Waals surface area (Å²) >= 11 is 0. The molecule has 13 nitrogen and oxygen atoms in total. The Labute approximate surface area is 859 Å². The number of benzene rings is 18. The molecule has 0 saturated carbocycles. The second kappa shape index (κ2) is 38.9. The van der Waals surface area contributed by atoms with Crippen molar-refractivity contribution in [2.24, 2.45) is 0 Å². The number of fused-ring (bicyclic) bond motifs is 15. The number of hydrogen-bond acceptors (Lipinski definition) is 10. The van der Waals surface area contributed by atoms with Gasteiger partial charge in [-0.25, -0.2) is 34.9 Å². The summed E-state index contributed by atoms with van der Waals surface area (Å²) in [5.41, 5.74) is 31.8. The molecule has 700 valence electrons. The largest absolute Gasteiger partial charge is 0.309 e. The SMILES string of the molecule is O=P(c1ccccc1)(c1ccccc1)c1ccc(-c2ccc(-c3nc4ccccc4c4c3c3ccccc3n4-c3ccccc3)cc2)cc1.c1ccc(-c2nc(-c3ccccc3)nc(-c3cccc(-c4nc5ccccc5c5c4c4ccccc4n5-c4ccccc4)c3)n2)cc1.c1ccc(-n2c3ccccc3c3c(-c4ccc(-c5ccc(-c6cc(-c7ccccn7)nc(-c7ccccn7)c6)cc5)cc4)nc4ccccc4c32)cc1. The highest BCUT2D eigenvalue weighted by Crippen LogP contribution is 2.49. The zero-order chi connectivity index (χ0) is 99.1. The molecule has 0 aliphatic heterocycles. The minimum Gasteiger partial charge on any atom is -0.309 e. The number of hydrogen-bond donors (Lipinski definition) is 0. The Balaban J connectivity index is 0.000000113. The van der Waals surface area contributed by atoms with E-state index in [1.165, 1.54) is 21.8 Å². The van der Waals surface area contributed by atoms with Crippen LogP contribution in [0.2, 0.25) is 0 Å². The Morgan fingerprint density at radius 1 is 0.174 bits per heavy atom.